The van der Waals surface area contributed by atoms with E-state index in [1.54, 1.807) is 0 Å². The second-order valence-corrected chi connectivity index (χ2v) is 32.3. The van der Waals surface area contributed by atoms with Crippen LogP contribution in [0.25, 0.3) is 0 Å². The molecule has 1 fully saturated rings. The van der Waals surface area contributed by atoms with Gasteiger partial charge in [-0.15, -0.1) is 0 Å². The fourth-order valence-electron chi connectivity index (χ4n) is 1.30. The van der Waals surface area contributed by atoms with Gasteiger partial charge in [0, 0.05) is 23.3 Å². The van der Waals surface area contributed by atoms with Gasteiger partial charge in [-0.1, -0.05) is 0 Å². The van der Waals surface area contributed by atoms with Crippen LogP contribution in [0.5, 0.6) is 0 Å². The first-order valence-electron chi connectivity index (χ1n) is 4.33. The fourth-order valence-corrected chi connectivity index (χ4v) is 49.2. The summed E-state index contributed by atoms with van der Waals surface area (Å²) in [4.78, 5) is 0. The van der Waals surface area contributed by atoms with Crippen LogP contribution >= 0.6 is 0 Å². The van der Waals surface area contributed by atoms with Crippen molar-refractivity contribution in [1.29, 1.82) is 0 Å². The lowest BCUT2D eigenvalue weighted by Crippen LogP contribution is -2.49. The first-order chi connectivity index (χ1) is 5.08. The van der Waals surface area contributed by atoms with Crippen LogP contribution < -0.4 is 0 Å². The van der Waals surface area contributed by atoms with E-state index in [4.69, 9.17) is 8.54 Å². The molecule has 0 saturated carbocycles. The van der Waals surface area contributed by atoms with E-state index in [0.717, 1.165) is 6.23 Å². The largest absolute Gasteiger partial charge is 0.459 e. The van der Waals surface area contributed by atoms with Gasteiger partial charge in [-0.3, -0.25) is 0 Å². The minimum absolute atomic E-state index is 0.0943. The average Bonchev–Trinajstić information content (AvgIpc) is 1.85. The highest BCUT2D eigenvalue weighted by Gasteiger charge is 2.24. The molecule has 11 heavy (non-hydrogen) atoms. The second-order valence-electron chi connectivity index (χ2n) is 4.07. The molecule has 0 N–H and O–H groups in total. The van der Waals surface area contributed by atoms with E-state index in [0.29, 0.717) is 17.1 Å². The Hall–Kier alpha value is 1.00. The van der Waals surface area contributed by atoms with E-state index in [1.165, 1.54) is 0 Å². The Morgan fingerprint density at radius 2 is 2.18 bits per heavy atom. The van der Waals surface area contributed by atoms with Crippen molar-refractivity contribution in [2.24, 2.45) is 0 Å². The molecule has 1 unspecified atom stereocenters. The summed E-state index contributed by atoms with van der Waals surface area (Å²) >= 11 is 0. The molecule has 0 aromatic rings. The summed E-state index contributed by atoms with van der Waals surface area (Å²) in [5, 5.41) is 0. The first-order valence-corrected chi connectivity index (χ1v) is 20.9. The van der Waals surface area contributed by atoms with Crippen LogP contribution in [-0.2, 0) is 8.54 Å². The molecule has 0 aliphatic carbocycles. The molecule has 0 bridgehead atoms. The molecule has 0 aromatic carbocycles. The SMILES string of the molecule is C[Si](C)(C)O[SiH]1CO[SiH2][SiH2][SiH2]1. The van der Waals surface area contributed by atoms with Gasteiger partial charge in [-0.25, -0.2) is 0 Å². The van der Waals surface area contributed by atoms with Crippen molar-refractivity contribution in [3.8, 4) is 0 Å². The Kier molecular flexibility index (Phi) is 3.94. The van der Waals surface area contributed by atoms with Crippen LogP contribution in [0.1, 0.15) is 0 Å². The highest BCUT2D eigenvalue weighted by Crippen LogP contribution is 2.05. The number of rotatable bonds is 2. The zero-order valence-electron chi connectivity index (χ0n) is 7.72. The molecule has 1 rings (SSSR count). The summed E-state index contributed by atoms with van der Waals surface area (Å²) in [6.45, 7) is 6.92. The Labute approximate surface area is 77.9 Å². The molecular formula is C4H18O2Si5. The Morgan fingerprint density at radius 3 is 2.64 bits per heavy atom. The molecule has 0 radical (unpaired) electrons. The van der Waals surface area contributed by atoms with Crippen molar-refractivity contribution in [2.75, 3.05) is 6.23 Å². The third kappa shape index (κ3) is 4.55. The molecular weight excluding hydrogens is 220 g/mol. The van der Waals surface area contributed by atoms with Crippen LogP contribution in [0.3, 0.4) is 0 Å². The minimum atomic E-state index is -1.19. The molecule has 1 heterocycles. The zero-order chi connectivity index (χ0) is 8.32. The third-order valence-electron chi connectivity index (χ3n) is 1.64. The van der Waals surface area contributed by atoms with Gasteiger partial charge in [0.2, 0.25) is 0 Å². The van der Waals surface area contributed by atoms with E-state index in [9.17, 15) is 0 Å². The lowest BCUT2D eigenvalue weighted by molar-refractivity contribution is 0.394. The Morgan fingerprint density at radius 1 is 1.45 bits per heavy atom. The van der Waals surface area contributed by atoms with E-state index in [1.807, 2.05) is 0 Å². The van der Waals surface area contributed by atoms with E-state index in [-0.39, 0.29) is 9.28 Å². The summed E-state index contributed by atoms with van der Waals surface area (Å²) < 4.78 is 11.8. The van der Waals surface area contributed by atoms with E-state index >= 15 is 0 Å². The minimum Gasteiger partial charge on any atom is -0.459 e. The van der Waals surface area contributed by atoms with Gasteiger partial charge in [-0.05, 0) is 19.6 Å². The van der Waals surface area contributed by atoms with Gasteiger partial charge in [0.05, 0.1) is 0 Å². The molecule has 0 spiro atoms. The van der Waals surface area contributed by atoms with Crippen LogP contribution in [0.15, 0.2) is 0 Å². The van der Waals surface area contributed by atoms with Gasteiger partial charge in [-0.2, -0.15) is 0 Å². The highest BCUT2D eigenvalue weighted by atomic mass is 29.7. The quantitative estimate of drug-likeness (QED) is 0.512. The third-order valence-corrected chi connectivity index (χ3v) is 38.9. The Balaban J connectivity index is 2.24. The smallest absolute Gasteiger partial charge is 0.169 e. The topological polar surface area (TPSA) is 18.5 Å². The van der Waals surface area contributed by atoms with Gasteiger partial charge in [0.1, 0.15) is 9.28 Å². The summed E-state index contributed by atoms with van der Waals surface area (Å²) in [7, 11) is -0.996. The van der Waals surface area contributed by atoms with Crippen molar-refractivity contribution < 1.29 is 8.54 Å². The van der Waals surface area contributed by atoms with Gasteiger partial charge in [0.25, 0.3) is 0 Å². The van der Waals surface area contributed by atoms with Gasteiger partial charge in [0.15, 0.2) is 16.9 Å². The lowest BCUT2D eigenvalue weighted by atomic mass is 11.7. The number of hydrogen-bond acceptors (Lipinski definition) is 2. The molecule has 0 amide bonds. The predicted molar refractivity (Wildman–Crippen MR) is 63.2 cm³/mol. The fraction of sp³-hybridized carbons (Fsp3) is 1.00. The van der Waals surface area contributed by atoms with Crippen LogP contribution in [0.2, 0.25) is 19.6 Å². The molecule has 66 valence electrons. The monoisotopic (exact) mass is 238 g/mol. The Bertz CT molecular complexity index is 118. The first kappa shape index (κ1) is 10.1. The number of hydrogen-bond donors (Lipinski definition) is 0. The van der Waals surface area contributed by atoms with Crippen molar-refractivity contribution >= 4 is 43.3 Å². The van der Waals surface area contributed by atoms with Crippen molar-refractivity contribution in [3.05, 3.63) is 0 Å². The molecule has 7 heteroatoms. The highest BCUT2D eigenvalue weighted by molar-refractivity contribution is 7.48. The van der Waals surface area contributed by atoms with Crippen LogP contribution in [-0.4, -0.2) is 49.5 Å². The molecule has 1 saturated heterocycles. The maximum Gasteiger partial charge on any atom is 0.169 e. The summed E-state index contributed by atoms with van der Waals surface area (Å²) in [6, 6.07) is 0. The van der Waals surface area contributed by atoms with Crippen molar-refractivity contribution in [2.45, 2.75) is 19.6 Å². The lowest BCUT2D eigenvalue weighted by Gasteiger charge is -2.27. The van der Waals surface area contributed by atoms with Gasteiger partial charge >= 0.3 is 0 Å². The second kappa shape index (κ2) is 4.30. The van der Waals surface area contributed by atoms with Crippen LogP contribution in [0, 0.1) is 0 Å². The molecule has 1 atom stereocenters. The summed E-state index contributed by atoms with van der Waals surface area (Å²) in [5.74, 6) is 0. The zero-order valence-corrected chi connectivity index (χ0v) is 14.1. The van der Waals surface area contributed by atoms with E-state index in [2.05, 4.69) is 19.6 Å². The maximum atomic E-state index is 6.15. The molecule has 1 aliphatic rings. The molecule has 0 aromatic heterocycles. The van der Waals surface area contributed by atoms with Crippen LogP contribution in [0.4, 0.5) is 0 Å². The maximum absolute atomic E-state index is 6.15. The molecule has 1 aliphatic heterocycles. The summed E-state index contributed by atoms with van der Waals surface area (Å²) in [6.07, 6.45) is 1.11. The normalized spacial score (nSPS) is 33.5. The predicted octanol–water partition coefficient (Wildman–Crippen LogP) is -2.12. The van der Waals surface area contributed by atoms with E-state index < -0.39 is 16.9 Å². The standard InChI is InChI=1S/C4H18O2Si5/c1-11(2,3)6-10-4-5-7-8-9-10/h10H,4,7-9H2,1-3H3. The van der Waals surface area contributed by atoms with Crippen molar-refractivity contribution in [3.63, 3.8) is 0 Å². The van der Waals surface area contributed by atoms with Crippen molar-refractivity contribution in [1.82, 2.24) is 0 Å². The summed E-state index contributed by atoms with van der Waals surface area (Å²) in [5.41, 5.74) is 0. The molecule has 2 nitrogen and oxygen atoms in total. The average molecular weight is 239 g/mol. The van der Waals surface area contributed by atoms with Gasteiger partial charge < -0.3 is 8.54 Å².